The first kappa shape index (κ1) is 13.2. The van der Waals surface area contributed by atoms with Crippen molar-refractivity contribution in [2.24, 2.45) is 0 Å². The fourth-order valence-electron chi connectivity index (χ4n) is 1.57. The second-order valence-electron chi connectivity index (χ2n) is 3.94. The third-order valence-corrected chi connectivity index (χ3v) is 3.51. The van der Waals surface area contributed by atoms with E-state index in [2.05, 4.69) is 21.2 Å². The molecule has 5 heteroatoms. The normalized spacial score (nSPS) is 10.4. The van der Waals surface area contributed by atoms with Crippen molar-refractivity contribution in [2.45, 2.75) is 6.92 Å². The fraction of sp³-hybridized carbons (Fsp3) is 0.0769. The molecule has 0 amide bonds. The van der Waals surface area contributed by atoms with E-state index in [0.29, 0.717) is 20.9 Å². The predicted molar refractivity (Wildman–Crippen MR) is 78.0 cm³/mol. The maximum atomic E-state index is 13.4. The summed E-state index contributed by atoms with van der Waals surface area (Å²) in [6, 6.07) is 8.34. The molecule has 0 aliphatic heterocycles. The second kappa shape index (κ2) is 5.16. The van der Waals surface area contributed by atoms with Crippen LogP contribution in [0, 0.1) is 12.7 Å². The molecule has 0 saturated heterocycles. The summed E-state index contributed by atoms with van der Waals surface area (Å²) in [5.41, 5.74) is 8.63. The number of aryl methyl sites for hydroxylation is 1. The molecule has 0 unspecified atom stereocenters. The topological polar surface area (TPSA) is 38.0 Å². The maximum absolute atomic E-state index is 13.4. The van der Waals surface area contributed by atoms with Gasteiger partial charge in [-0.2, -0.15) is 0 Å². The van der Waals surface area contributed by atoms with Gasteiger partial charge < -0.3 is 11.1 Å². The van der Waals surface area contributed by atoms with Gasteiger partial charge in [-0.25, -0.2) is 4.39 Å². The molecule has 0 radical (unpaired) electrons. The van der Waals surface area contributed by atoms with Gasteiger partial charge in [-0.05, 0) is 58.7 Å². The minimum Gasteiger partial charge on any atom is -0.398 e. The second-order valence-corrected chi connectivity index (χ2v) is 5.20. The number of anilines is 3. The van der Waals surface area contributed by atoms with Gasteiger partial charge >= 0.3 is 0 Å². The third-order valence-electron chi connectivity index (χ3n) is 2.54. The lowest BCUT2D eigenvalue weighted by atomic mass is 10.1. The number of nitrogens with one attached hydrogen (secondary N) is 1. The molecule has 2 aromatic carbocycles. The Kier molecular flexibility index (Phi) is 3.78. The summed E-state index contributed by atoms with van der Waals surface area (Å²) in [6.07, 6.45) is 0. The van der Waals surface area contributed by atoms with E-state index in [1.165, 1.54) is 6.07 Å². The Labute approximate surface area is 118 Å². The minimum atomic E-state index is -0.320. The van der Waals surface area contributed by atoms with Gasteiger partial charge in [0.15, 0.2) is 0 Å². The smallest absolute Gasteiger partial charge is 0.139 e. The average Bonchev–Trinajstić information content (AvgIpc) is 2.31. The van der Waals surface area contributed by atoms with Crippen LogP contribution in [-0.2, 0) is 0 Å². The zero-order valence-corrected chi connectivity index (χ0v) is 11.9. The van der Waals surface area contributed by atoms with Crippen molar-refractivity contribution < 1.29 is 4.39 Å². The largest absolute Gasteiger partial charge is 0.398 e. The molecule has 0 aromatic heterocycles. The summed E-state index contributed by atoms with van der Waals surface area (Å²) in [7, 11) is 0. The van der Waals surface area contributed by atoms with Crippen molar-refractivity contribution >= 4 is 44.6 Å². The minimum absolute atomic E-state index is 0.320. The molecular formula is C13H11BrClFN2. The first-order valence-corrected chi connectivity index (χ1v) is 6.42. The van der Waals surface area contributed by atoms with E-state index in [0.717, 1.165) is 11.3 Å². The molecule has 2 nitrogen and oxygen atoms in total. The van der Waals surface area contributed by atoms with Crippen molar-refractivity contribution in [1.29, 1.82) is 0 Å². The van der Waals surface area contributed by atoms with Gasteiger partial charge in [0.2, 0.25) is 0 Å². The van der Waals surface area contributed by atoms with Crippen molar-refractivity contribution in [3.05, 3.63) is 51.2 Å². The monoisotopic (exact) mass is 328 g/mol. The van der Waals surface area contributed by atoms with Gasteiger partial charge in [-0.3, -0.25) is 0 Å². The van der Waals surface area contributed by atoms with Crippen molar-refractivity contribution in [3.8, 4) is 0 Å². The van der Waals surface area contributed by atoms with Gasteiger partial charge in [-0.1, -0.05) is 11.6 Å². The number of benzene rings is 2. The summed E-state index contributed by atoms with van der Waals surface area (Å²) in [5, 5.41) is 3.58. The molecule has 94 valence electrons. The van der Waals surface area contributed by atoms with Gasteiger partial charge in [0, 0.05) is 11.4 Å². The van der Waals surface area contributed by atoms with E-state index in [-0.39, 0.29) is 5.82 Å². The Hall–Kier alpha value is -1.26. The predicted octanol–water partition coefficient (Wildman–Crippen LogP) is 4.88. The summed E-state index contributed by atoms with van der Waals surface area (Å²) >= 11 is 9.07. The molecule has 0 bridgehead atoms. The maximum Gasteiger partial charge on any atom is 0.139 e. The molecule has 0 atom stereocenters. The molecule has 18 heavy (non-hydrogen) atoms. The van der Waals surface area contributed by atoms with Crippen LogP contribution in [0.5, 0.6) is 0 Å². The molecule has 0 aliphatic rings. The average molecular weight is 330 g/mol. The van der Waals surface area contributed by atoms with Crippen LogP contribution in [0.15, 0.2) is 34.8 Å². The van der Waals surface area contributed by atoms with Crippen LogP contribution in [0.1, 0.15) is 5.56 Å². The van der Waals surface area contributed by atoms with Crippen LogP contribution < -0.4 is 11.1 Å². The first-order valence-electron chi connectivity index (χ1n) is 5.25. The Morgan fingerprint density at radius 2 is 2.00 bits per heavy atom. The fourth-order valence-corrected chi connectivity index (χ4v) is 1.98. The Balaban J connectivity index is 2.34. The zero-order valence-electron chi connectivity index (χ0n) is 9.60. The number of nitrogens with two attached hydrogens (primary N) is 1. The number of rotatable bonds is 2. The molecule has 0 heterocycles. The Morgan fingerprint density at radius 1 is 1.28 bits per heavy atom. The van der Waals surface area contributed by atoms with Gasteiger partial charge in [-0.15, -0.1) is 0 Å². The molecule has 3 N–H and O–H groups in total. The zero-order chi connectivity index (χ0) is 13.3. The molecular weight excluding hydrogens is 319 g/mol. The Bertz CT molecular complexity index is 602. The molecule has 0 aliphatic carbocycles. The highest BCUT2D eigenvalue weighted by atomic mass is 79.9. The van der Waals surface area contributed by atoms with E-state index in [9.17, 15) is 4.39 Å². The summed E-state index contributed by atoms with van der Waals surface area (Å²) in [6.45, 7) is 1.91. The van der Waals surface area contributed by atoms with Crippen LogP contribution in [-0.4, -0.2) is 0 Å². The summed E-state index contributed by atoms with van der Waals surface area (Å²) in [5.74, 6) is -0.320. The van der Waals surface area contributed by atoms with Crippen LogP contribution in [0.4, 0.5) is 21.5 Å². The lowest BCUT2D eigenvalue weighted by Gasteiger charge is -2.11. The quantitative estimate of drug-likeness (QED) is 0.771. The highest BCUT2D eigenvalue weighted by Crippen LogP contribution is 2.29. The molecule has 2 aromatic rings. The van der Waals surface area contributed by atoms with Crippen LogP contribution in [0.25, 0.3) is 0 Å². The van der Waals surface area contributed by atoms with Crippen molar-refractivity contribution in [2.75, 3.05) is 11.1 Å². The van der Waals surface area contributed by atoms with E-state index < -0.39 is 0 Å². The van der Waals surface area contributed by atoms with Crippen LogP contribution in [0.2, 0.25) is 5.02 Å². The van der Waals surface area contributed by atoms with E-state index >= 15 is 0 Å². The number of hydrogen-bond acceptors (Lipinski definition) is 2. The number of halogens is 3. The first-order chi connectivity index (χ1) is 8.47. The van der Waals surface area contributed by atoms with E-state index in [1.807, 2.05) is 6.92 Å². The van der Waals surface area contributed by atoms with Gasteiger partial charge in [0.1, 0.15) is 5.82 Å². The van der Waals surface area contributed by atoms with Crippen LogP contribution >= 0.6 is 27.5 Å². The van der Waals surface area contributed by atoms with Crippen molar-refractivity contribution in [1.82, 2.24) is 0 Å². The molecule has 0 fully saturated rings. The number of nitrogen functional groups attached to an aromatic ring is 1. The van der Waals surface area contributed by atoms with Crippen molar-refractivity contribution in [3.63, 3.8) is 0 Å². The molecule has 0 saturated carbocycles. The highest BCUT2D eigenvalue weighted by molar-refractivity contribution is 9.10. The standard InChI is InChI=1S/C13H11BrClFN2/c1-7-4-12(17)10(15)6-13(7)18-8-2-3-9(14)11(16)5-8/h2-6,18H,17H2,1H3. The van der Waals surface area contributed by atoms with Crippen LogP contribution in [0.3, 0.4) is 0 Å². The van der Waals surface area contributed by atoms with E-state index in [1.54, 1.807) is 24.3 Å². The number of hydrogen-bond donors (Lipinski definition) is 2. The van der Waals surface area contributed by atoms with E-state index in [4.69, 9.17) is 17.3 Å². The van der Waals surface area contributed by atoms with Gasteiger partial charge in [0.25, 0.3) is 0 Å². The summed E-state index contributed by atoms with van der Waals surface area (Å²) in [4.78, 5) is 0. The SMILES string of the molecule is Cc1cc(N)c(Cl)cc1Nc1ccc(Br)c(F)c1. The third kappa shape index (κ3) is 2.76. The Morgan fingerprint density at radius 3 is 2.67 bits per heavy atom. The lowest BCUT2D eigenvalue weighted by Crippen LogP contribution is -1.96. The highest BCUT2D eigenvalue weighted by Gasteiger charge is 2.05. The van der Waals surface area contributed by atoms with Gasteiger partial charge in [0.05, 0.1) is 15.2 Å². The summed E-state index contributed by atoms with van der Waals surface area (Å²) < 4.78 is 13.8. The molecule has 0 spiro atoms. The molecule has 2 rings (SSSR count). The lowest BCUT2D eigenvalue weighted by molar-refractivity contribution is 0.622.